The van der Waals surface area contributed by atoms with Crippen LogP contribution < -0.4 is 11.1 Å². The van der Waals surface area contributed by atoms with E-state index < -0.39 is 0 Å². The minimum absolute atomic E-state index is 0.00128. The topological polar surface area (TPSA) is 72.9 Å². The maximum Gasteiger partial charge on any atom is 0.227 e. The van der Waals surface area contributed by atoms with Gasteiger partial charge in [-0.1, -0.05) is 11.6 Å². The zero-order valence-corrected chi connectivity index (χ0v) is 12.3. The smallest absolute Gasteiger partial charge is 0.227 e. The molecule has 1 aliphatic carbocycles. The van der Waals surface area contributed by atoms with E-state index in [1.165, 1.54) is 0 Å². The van der Waals surface area contributed by atoms with Crippen LogP contribution in [-0.4, -0.2) is 21.7 Å². The Bertz CT molecular complexity index is 641. The predicted molar refractivity (Wildman–Crippen MR) is 82.5 cm³/mol. The van der Waals surface area contributed by atoms with Crippen molar-refractivity contribution < 1.29 is 4.79 Å². The van der Waals surface area contributed by atoms with Crippen LogP contribution in [0, 0.1) is 5.92 Å². The molecule has 3 rings (SSSR count). The second kappa shape index (κ2) is 5.87. The number of amides is 1. The molecule has 0 spiro atoms. The largest absolute Gasteiger partial charge is 0.328 e. The Hall–Kier alpha value is -1.85. The Morgan fingerprint density at radius 2 is 2.29 bits per heavy atom. The monoisotopic (exact) mass is 304 g/mol. The van der Waals surface area contributed by atoms with E-state index in [4.69, 9.17) is 17.3 Å². The van der Waals surface area contributed by atoms with E-state index in [2.05, 4.69) is 10.4 Å². The standard InChI is InChI=1S/C15H17ClN4O/c16-11-3-5-14(20-7-1-6-18-20)13(9-11)19-15(21)10-2-4-12(17)8-10/h1,3,5-7,9-10,12H,2,4,8,17H2,(H,19,21). The highest BCUT2D eigenvalue weighted by atomic mass is 35.5. The molecule has 3 N–H and O–H groups in total. The molecule has 1 aliphatic rings. The molecule has 0 saturated heterocycles. The number of rotatable bonds is 3. The van der Waals surface area contributed by atoms with Crippen molar-refractivity contribution in [2.45, 2.75) is 25.3 Å². The number of halogens is 1. The van der Waals surface area contributed by atoms with E-state index in [1.54, 1.807) is 23.0 Å². The first-order valence-electron chi connectivity index (χ1n) is 6.99. The number of hydrogen-bond acceptors (Lipinski definition) is 3. The van der Waals surface area contributed by atoms with Gasteiger partial charge in [0.2, 0.25) is 5.91 Å². The number of nitrogens with zero attached hydrogens (tertiary/aromatic N) is 2. The van der Waals surface area contributed by atoms with Crippen LogP contribution in [0.1, 0.15) is 19.3 Å². The number of carbonyl (C=O) groups is 1. The van der Waals surface area contributed by atoms with Crippen molar-refractivity contribution in [3.8, 4) is 5.69 Å². The van der Waals surface area contributed by atoms with Gasteiger partial charge in [-0.2, -0.15) is 5.10 Å². The molecule has 21 heavy (non-hydrogen) atoms. The third kappa shape index (κ3) is 3.09. The maximum absolute atomic E-state index is 12.4. The molecule has 2 atom stereocenters. The normalized spacial score (nSPS) is 21.4. The van der Waals surface area contributed by atoms with E-state index in [0.29, 0.717) is 10.7 Å². The van der Waals surface area contributed by atoms with Crippen LogP contribution in [0.4, 0.5) is 5.69 Å². The summed E-state index contributed by atoms with van der Waals surface area (Å²) < 4.78 is 1.70. The fourth-order valence-electron chi connectivity index (χ4n) is 2.71. The lowest BCUT2D eigenvalue weighted by atomic mass is 10.1. The Morgan fingerprint density at radius 3 is 2.95 bits per heavy atom. The molecular formula is C15H17ClN4O. The highest BCUT2D eigenvalue weighted by molar-refractivity contribution is 6.31. The van der Waals surface area contributed by atoms with Crippen LogP contribution in [0.15, 0.2) is 36.7 Å². The molecule has 0 aliphatic heterocycles. The predicted octanol–water partition coefficient (Wildman–Crippen LogP) is 2.59. The summed E-state index contributed by atoms with van der Waals surface area (Å²) >= 11 is 6.04. The van der Waals surface area contributed by atoms with Crippen LogP contribution in [-0.2, 0) is 4.79 Å². The average Bonchev–Trinajstić information content (AvgIpc) is 3.10. The van der Waals surface area contributed by atoms with Gasteiger partial charge in [0, 0.05) is 29.4 Å². The number of anilines is 1. The number of aromatic nitrogens is 2. The number of nitrogens with two attached hydrogens (primary N) is 1. The van der Waals surface area contributed by atoms with Gasteiger partial charge in [0.25, 0.3) is 0 Å². The van der Waals surface area contributed by atoms with E-state index in [-0.39, 0.29) is 17.9 Å². The van der Waals surface area contributed by atoms with E-state index >= 15 is 0 Å². The molecule has 2 unspecified atom stereocenters. The Morgan fingerprint density at radius 1 is 1.43 bits per heavy atom. The zero-order valence-electron chi connectivity index (χ0n) is 11.5. The second-order valence-corrected chi connectivity index (χ2v) is 5.81. The molecule has 1 amide bonds. The first-order valence-corrected chi connectivity index (χ1v) is 7.37. The number of benzene rings is 1. The summed E-state index contributed by atoms with van der Waals surface area (Å²) in [5.41, 5.74) is 7.33. The lowest BCUT2D eigenvalue weighted by Gasteiger charge is -2.14. The second-order valence-electron chi connectivity index (χ2n) is 5.37. The van der Waals surface area contributed by atoms with Crippen LogP contribution in [0.2, 0.25) is 5.02 Å². The van der Waals surface area contributed by atoms with E-state index in [0.717, 1.165) is 24.9 Å². The average molecular weight is 305 g/mol. The van der Waals surface area contributed by atoms with Crippen molar-refractivity contribution in [2.24, 2.45) is 11.7 Å². The van der Waals surface area contributed by atoms with Gasteiger partial charge in [-0.25, -0.2) is 4.68 Å². The van der Waals surface area contributed by atoms with Crippen molar-refractivity contribution in [3.05, 3.63) is 41.7 Å². The summed E-state index contributed by atoms with van der Waals surface area (Å²) in [6.07, 6.45) is 5.99. The van der Waals surface area contributed by atoms with E-state index in [9.17, 15) is 4.79 Å². The zero-order chi connectivity index (χ0) is 14.8. The fourth-order valence-corrected chi connectivity index (χ4v) is 2.88. The molecule has 110 valence electrons. The molecule has 2 aromatic rings. The highest BCUT2D eigenvalue weighted by Gasteiger charge is 2.28. The number of hydrogen-bond donors (Lipinski definition) is 2. The summed E-state index contributed by atoms with van der Waals surface area (Å²) in [4.78, 5) is 12.4. The van der Waals surface area contributed by atoms with Crippen molar-refractivity contribution in [1.29, 1.82) is 0 Å². The minimum Gasteiger partial charge on any atom is -0.328 e. The molecule has 1 aromatic heterocycles. The Labute approximate surface area is 128 Å². The van der Waals surface area contributed by atoms with Gasteiger partial charge in [0.05, 0.1) is 11.4 Å². The first kappa shape index (κ1) is 14.1. The molecule has 1 fully saturated rings. The highest BCUT2D eigenvalue weighted by Crippen LogP contribution is 2.28. The van der Waals surface area contributed by atoms with Gasteiger partial charge in [-0.3, -0.25) is 4.79 Å². The fraction of sp³-hybridized carbons (Fsp3) is 0.333. The summed E-state index contributed by atoms with van der Waals surface area (Å²) in [6.45, 7) is 0. The van der Waals surface area contributed by atoms with Crippen LogP contribution >= 0.6 is 11.6 Å². The van der Waals surface area contributed by atoms with Crippen molar-refractivity contribution >= 4 is 23.2 Å². The Balaban J connectivity index is 1.84. The lowest BCUT2D eigenvalue weighted by Crippen LogP contribution is -2.23. The van der Waals surface area contributed by atoms with Gasteiger partial charge in [-0.05, 0) is 43.5 Å². The van der Waals surface area contributed by atoms with Gasteiger partial charge in [0.15, 0.2) is 0 Å². The van der Waals surface area contributed by atoms with Gasteiger partial charge in [-0.15, -0.1) is 0 Å². The quantitative estimate of drug-likeness (QED) is 0.915. The van der Waals surface area contributed by atoms with Crippen molar-refractivity contribution in [1.82, 2.24) is 9.78 Å². The van der Waals surface area contributed by atoms with Crippen molar-refractivity contribution in [3.63, 3.8) is 0 Å². The molecular weight excluding hydrogens is 288 g/mol. The molecule has 6 heteroatoms. The summed E-state index contributed by atoms with van der Waals surface area (Å²) in [6, 6.07) is 7.32. The van der Waals surface area contributed by atoms with Crippen LogP contribution in [0.3, 0.4) is 0 Å². The number of carbonyl (C=O) groups excluding carboxylic acids is 1. The van der Waals surface area contributed by atoms with Crippen LogP contribution in [0.25, 0.3) is 5.69 Å². The molecule has 0 radical (unpaired) electrons. The molecule has 5 nitrogen and oxygen atoms in total. The SMILES string of the molecule is NC1CCC(C(=O)Nc2cc(Cl)ccc2-n2cccn2)C1. The molecule has 1 aromatic carbocycles. The lowest BCUT2D eigenvalue weighted by molar-refractivity contribution is -0.119. The third-order valence-corrected chi connectivity index (χ3v) is 4.05. The number of nitrogens with one attached hydrogen (secondary N) is 1. The summed E-state index contributed by atoms with van der Waals surface area (Å²) in [5.74, 6) is -0.0249. The summed E-state index contributed by atoms with van der Waals surface area (Å²) in [5, 5.41) is 7.73. The minimum atomic E-state index is -0.0237. The maximum atomic E-state index is 12.4. The molecule has 0 bridgehead atoms. The third-order valence-electron chi connectivity index (χ3n) is 3.81. The molecule has 1 saturated carbocycles. The van der Waals surface area contributed by atoms with E-state index in [1.807, 2.05) is 18.3 Å². The first-order chi connectivity index (χ1) is 10.1. The summed E-state index contributed by atoms with van der Waals surface area (Å²) in [7, 11) is 0. The van der Waals surface area contributed by atoms with Gasteiger partial charge >= 0.3 is 0 Å². The van der Waals surface area contributed by atoms with Crippen molar-refractivity contribution in [2.75, 3.05) is 5.32 Å². The van der Waals surface area contributed by atoms with Crippen LogP contribution in [0.5, 0.6) is 0 Å². The van der Waals surface area contributed by atoms with Gasteiger partial charge in [0.1, 0.15) is 0 Å². The Kier molecular flexibility index (Phi) is 3.94. The van der Waals surface area contributed by atoms with Gasteiger partial charge < -0.3 is 11.1 Å². The molecule has 1 heterocycles.